The number of fused-ring (bicyclic) bond motifs is 2. The first-order valence-electron chi connectivity index (χ1n) is 12.3. The van der Waals surface area contributed by atoms with Gasteiger partial charge in [-0.25, -0.2) is 0 Å². The van der Waals surface area contributed by atoms with Gasteiger partial charge in [0.25, 0.3) is 5.91 Å². The molecule has 0 radical (unpaired) electrons. The highest BCUT2D eigenvalue weighted by molar-refractivity contribution is 6.07. The second-order valence-corrected chi connectivity index (χ2v) is 9.19. The van der Waals surface area contributed by atoms with E-state index in [2.05, 4.69) is 41.4 Å². The van der Waals surface area contributed by atoms with Gasteiger partial charge in [-0.2, -0.15) is 18.4 Å². The molecule has 4 nitrogen and oxygen atoms in total. The van der Waals surface area contributed by atoms with Crippen molar-refractivity contribution < 1.29 is 22.7 Å². The van der Waals surface area contributed by atoms with Gasteiger partial charge in [0.1, 0.15) is 11.6 Å². The molecule has 1 spiro atoms. The fourth-order valence-corrected chi connectivity index (χ4v) is 4.93. The number of aryl methyl sites for hydroxylation is 1. The Hall–Kier alpha value is -3.89. The number of carbonyl (C=O) groups is 1. The number of halogens is 3. The molecule has 0 saturated carbocycles. The summed E-state index contributed by atoms with van der Waals surface area (Å²) in [7, 11) is 1.39. The van der Waals surface area contributed by atoms with Gasteiger partial charge in [-0.3, -0.25) is 4.79 Å². The predicted molar refractivity (Wildman–Crippen MR) is 144 cm³/mol. The number of nitrogens with one attached hydrogen (secondary N) is 1. The number of ether oxygens (including phenoxy) is 1. The molecule has 0 bridgehead atoms. The minimum atomic E-state index is -4.03. The number of hydrogen-bond donors (Lipinski definition) is 1. The Bertz CT molecular complexity index is 1300. The smallest absolute Gasteiger partial charge is 0.385 e. The second-order valence-electron chi connectivity index (χ2n) is 9.19. The molecule has 1 N–H and O–H groups in total. The van der Waals surface area contributed by atoms with Crippen molar-refractivity contribution >= 4 is 17.1 Å². The zero-order valence-corrected chi connectivity index (χ0v) is 21.4. The number of carbonyl (C=O) groups excluding carboxylic acids is 1. The number of amides is 1. The van der Waals surface area contributed by atoms with Crippen molar-refractivity contribution in [2.75, 3.05) is 13.7 Å². The van der Waals surface area contributed by atoms with Crippen LogP contribution in [0.4, 0.5) is 13.2 Å². The minimum absolute atomic E-state index is 0.0556. The zero-order chi connectivity index (χ0) is 27.8. The quantitative estimate of drug-likeness (QED) is 0.314. The van der Waals surface area contributed by atoms with Crippen LogP contribution in [-0.2, 0) is 21.5 Å². The Balaban J connectivity index is 0.000000383. The lowest BCUT2D eigenvalue weighted by Gasteiger charge is -2.37. The largest absolute Gasteiger partial charge is 0.389 e. The first-order valence-corrected chi connectivity index (χ1v) is 12.3. The van der Waals surface area contributed by atoms with Crippen molar-refractivity contribution in [1.29, 1.82) is 5.26 Å². The molecule has 0 aromatic heterocycles. The van der Waals surface area contributed by atoms with Crippen LogP contribution >= 0.6 is 0 Å². The van der Waals surface area contributed by atoms with Gasteiger partial charge in [-0.05, 0) is 58.7 Å². The molecule has 4 rings (SSSR count). The van der Waals surface area contributed by atoms with E-state index in [4.69, 9.17) is 0 Å². The predicted octanol–water partition coefficient (Wildman–Crippen LogP) is 7.06. The molecule has 1 aliphatic carbocycles. The van der Waals surface area contributed by atoms with Gasteiger partial charge in [-0.15, -0.1) is 0 Å². The van der Waals surface area contributed by atoms with Gasteiger partial charge in [0, 0.05) is 26.6 Å². The van der Waals surface area contributed by atoms with Crippen LogP contribution in [0.25, 0.3) is 11.1 Å². The van der Waals surface area contributed by atoms with Crippen molar-refractivity contribution in [1.82, 2.24) is 5.32 Å². The van der Waals surface area contributed by atoms with E-state index in [1.54, 1.807) is 12.2 Å². The van der Waals surface area contributed by atoms with Gasteiger partial charge >= 0.3 is 6.18 Å². The molecule has 2 aliphatic rings. The summed E-state index contributed by atoms with van der Waals surface area (Å²) in [4.78, 5) is 12.9. The standard InChI is InChI=1S/C26H22N2O.C5H9F3O/c1-3-8-18(4-2)20-10-7-11-21(15-20)22-16-26(28-25(29)23(22)17-27)14-13-19-9-5-6-12-24(19)26;1-9-4-2-3-5(6,7)8/h3-12,15H,1-2,13-14,16H2,(H,28,29);2-4H2,1H3/b18-8+;. The lowest BCUT2D eigenvalue weighted by molar-refractivity contribution is -0.137. The third kappa shape index (κ3) is 6.70. The van der Waals surface area contributed by atoms with Crippen molar-refractivity contribution in [2.24, 2.45) is 0 Å². The van der Waals surface area contributed by atoms with Gasteiger partial charge in [0.15, 0.2) is 0 Å². The SMILES string of the molecule is C=C/C=C(\C=C)c1cccc(C2=C(C#N)C(=O)NC3(CCc4ccccc43)C2)c1.COCCCC(F)(F)F. The lowest BCUT2D eigenvalue weighted by Crippen LogP contribution is -2.48. The first kappa shape index (κ1) is 28.7. The summed E-state index contributed by atoms with van der Waals surface area (Å²) >= 11 is 0. The molecule has 1 atom stereocenters. The summed E-state index contributed by atoms with van der Waals surface area (Å²) < 4.78 is 38.4. The number of methoxy groups -OCH3 is 1. The van der Waals surface area contributed by atoms with Crippen LogP contribution in [0, 0.1) is 11.3 Å². The average Bonchev–Trinajstić information content (AvgIpc) is 3.24. The molecule has 7 heteroatoms. The molecular formula is C31H31F3N2O2. The molecule has 0 fully saturated rings. The third-order valence-corrected chi connectivity index (χ3v) is 6.70. The highest BCUT2D eigenvalue weighted by Gasteiger charge is 2.45. The molecule has 2 aromatic carbocycles. The number of alkyl halides is 3. The molecule has 1 amide bonds. The van der Waals surface area contributed by atoms with E-state index < -0.39 is 18.1 Å². The molecule has 2 aromatic rings. The lowest BCUT2D eigenvalue weighted by atomic mass is 9.78. The monoisotopic (exact) mass is 520 g/mol. The van der Waals surface area contributed by atoms with E-state index in [1.807, 2.05) is 42.5 Å². The van der Waals surface area contributed by atoms with Crippen molar-refractivity contribution in [3.05, 3.63) is 108 Å². The number of benzene rings is 2. The van der Waals surface area contributed by atoms with Crippen LogP contribution in [-0.4, -0.2) is 25.8 Å². The normalized spacial score (nSPS) is 18.7. The fourth-order valence-electron chi connectivity index (χ4n) is 4.93. The Morgan fingerprint density at radius 1 is 1.21 bits per heavy atom. The number of nitrogens with zero attached hydrogens (tertiary/aromatic N) is 1. The minimum Gasteiger partial charge on any atom is -0.385 e. The fraction of sp³-hybridized carbons (Fsp3) is 0.290. The van der Waals surface area contributed by atoms with Crippen molar-refractivity contribution in [2.45, 2.75) is 43.8 Å². The number of rotatable bonds is 7. The van der Waals surface area contributed by atoms with Gasteiger partial charge in [-0.1, -0.05) is 73.9 Å². The molecular weight excluding hydrogens is 489 g/mol. The van der Waals surface area contributed by atoms with E-state index in [0.717, 1.165) is 40.7 Å². The Morgan fingerprint density at radius 3 is 2.63 bits per heavy atom. The van der Waals surface area contributed by atoms with Crippen LogP contribution in [0.5, 0.6) is 0 Å². The van der Waals surface area contributed by atoms with Crippen LogP contribution in [0.1, 0.15) is 47.9 Å². The molecule has 1 aliphatic heterocycles. The van der Waals surface area contributed by atoms with Gasteiger partial charge in [0.05, 0.1) is 5.54 Å². The van der Waals surface area contributed by atoms with Crippen LogP contribution < -0.4 is 5.32 Å². The maximum absolute atomic E-state index is 12.9. The van der Waals surface area contributed by atoms with Crippen molar-refractivity contribution in [3.63, 3.8) is 0 Å². The average molecular weight is 521 g/mol. The molecule has 0 saturated heterocycles. The maximum Gasteiger partial charge on any atom is 0.389 e. The number of nitriles is 1. The molecule has 38 heavy (non-hydrogen) atoms. The summed E-state index contributed by atoms with van der Waals surface area (Å²) in [6, 6.07) is 18.3. The van der Waals surface area contributed by atoms with E-state index in [0.29, 0.717) is 6.42 Å². The van der Waals surface area contributed by atoms with Crippen LogP contribution in [0.2, 0.25) is 0 Å². The number of hydrogen-bond acceptors (Lipinski definition) is 3. The van der Waals surface area contributed by atoms with Crippen LogP contribution in [0.15, 0.2) is 85.5 Å². The summed E-state index contributed by atoms with van der Waals surface area (Å²) in [5.41, 5.74) is 5.81. The highest BCUT2D eigenvalue weighted by atomic mass is 19.4. The summed E-state index contributed by atoms with van der Waals surface area (Å²) in [6.45, 7) is 7.82. The Labute approximate surface area is 221 Å². The summed E-state index contributed by atoms with van der Waals surface area (Å²) in [5, 5.41) is 12.9. The second kappa shape index (κ2) is 12.6. The van der Waals surface area contributed by atoms with E-state index in [1.165, 1.54) is 12.7 Å². The van der Waals surface area contributed by atoms with E-state index in [-0.39, 0.29) is 24.5 Å². The topological polar surface area (TPSA) is 62.1 Å². The van der Waals surface area contributed by atoms with E-state index >= 15 is 0 Å². The van der Waals surface area contributed by atoms with Crippen molar-refractivity contribution in [3.8, 4) is 6.07 Å². The molecule has 198 valence electrons. The Kier molecular flexibility index (Phi) is 9.49. The highest BCUT2D eigenvalue weighted by Crippen LogP contribution is 2.46. The van der Waals surface area contributed by atoms with Crippen LogP contribution in [0.3, 0.4) is 0 Å². The molecule has 1 unspecified atom stereocenters. The van der Waals surface area contributed by atoms with Gasteiger partial charge < -0.3 is 10.1 Å². The van der Waals surface area contributed by atoms with E-state index in [9.17, 15) is 23.2 Å². The summed E-state index contributed by atoms with van der Waals surface area (Å²) in [5.74, 6) is -0.290. The molecule has 1 heterocycles. The Morgan fingerprint density at radius 2 is 1.97 bits per heavy atom. The van der Waals surface area contributed by atoms with Gasteiger partial charge in [0.2, 0.25) is 0 Å². The maximum atomic E-state index is 12.9. The first-order chi connectivity index (χ1) is 18.2. The summed E-state index contributed by atoms with van der Waals surface area (Å²) in [6.07, 6.45) is 3.05. The third-order valence-electron chi connectivity index (χ3n) is 6.70. The number of allylic oxidation sites excluding steroid dienone is 4. The zero-order valence-electron chi connectivity index (χ0n) is 21.4.